The zero-order valence-corrected chi connectivity index (χ0v) is 16.1. The molecule has 1 saturated heterocycles. The van der Waals surface area contributed by atoms with E-state index in [0.29, 0.717) is 18.9 Å². The van der Waals surface area contributed by atoms with Crippen LogP contribution >= 0.6 is 0 Å². The van der Waals surface area contributed by atoms with Crippen LogP contribution in [0.4, 0.5) is 0 Å². The Hall–Kier alpha value is -0.910. The summed E-state index contributed by atoms with van der Waals surface area (Å²) in [5.74, 6) is 1.46. The second kappa shape index (κ2) is 8.97. The minimum absolute atomic E-state index is 0.204. The van der Waals surface area contributed by atoms with Gasteiger partial charge in [-0.15, -0.1) is 0 Å². The van der Waals surface area contributed by atoms with E-state index in [9.17, 15) is 8.42 Å². The van der Waals surface area contributed by atoms with E-state index in [0.717, 1.165) is 18.0 Å². The van der Waals surface area contributed by atoms with Gasteiger partial charge in [0.15, 0.2) is 0 Å². The summed E-state index contributed by atoms with van der Waals surface area (Å²) in [6.07, 6.45) is 3.27. The summed E-state index contributed by atoms with van der Waals surface area (Å²) in [5.41, 5.74) is 2.31. The highest BCUT2D eigenvalue weighted by Gasteiger charge is 2.15. The third-order valence-electron chi connectivity index (χ3n) is 4.77. The van der Waals surface area contributed by atoms with Crippen LogP contribution in [0.2, 0.25) is 0 Å². The molecule has 0 radical (unpaired) electrons. The topological polar surface area (TPSA) is 49.4 Å². The zero-order chi connectivity index (χ0) is 17.6. The Morgan fingerprint density at radius 2 is 1.71 bits per heavy atom. The van der Waals surface area contributed by atoms with Crippen LogP contribution in [-0.2, 0) is 23.1 Å². The van der Waals surface area contributed by atoms with Gasteiger partial charge >= 0.3 is 0 Å². The Bertz CT molecular complexity index is 588. The third-order valence-corrected chi connectivity index (χ3v) is 6.12. The van der Waals surface area contributed by atoms with E-state index in [-0.39, 0.29) is 5.75 Å². The molecular weight excluding hydrogens is 320 g/mol. The van der Waals surface area contributed by atoms with Crippen molar-refractivity contribution in [3.8, 4) is 0 Å². The average Bonchev–Trinajstić information content (AvgIpc) is 2.55. The van der Waals surface area contributed by atoms with E-state index < -0.39 is 10.0 Å². The fourth-order valence-electron chi connectivity index (χ4n) is 2.90. The molecule has 1 fully saturated rings. The summed E-state index contributed by atoms with van der Waals surface area (Å²) >= 11 is 0. The Morgan fingerprint density at radius 3 is 2.29 bits per heavy atom. The van der Waals surface area contributed by atoms with Gasteiger partial charge in [-0.05, 0) is 55.3 Å². The summed E-state index contributed by atoms with van der Waals surface area (Å²) in [7, 11) is -3.17. The van der Waals surface area contributed by atoms with Crippen molar-refractivity contribution in [2.75, 3.05) is 18.8 Å². The largest absolute Gasteiger partial charge is 0.299 e. The first-order chi connectivity index (χ1) is 11.3. The van der Waals surface area contributed by atoms with E-state index in [1.54, 1.807) is 0 Å². The third kappa shape index (κ3) is 6.91. The normalized spacial score (nSPS) is 17.5. The van der Waals surface area contributed by atoms with Crippen LogP contribution in [-0.4, -0.2) is 32.2 Å². The molecule has 2 rings (SSSR count). The number of benzene rings is 1. The summed E-state index contributed by atoms with van der Waals surface area (Å²) in [5, 5.41) is 0. The monoisotopic (exact) mass is 352 g/mol. The fraction of sp³-hybridized carbons (Fsp3) is 0.684. The molecule has 1 heterocycles. The minimum Gasteiger partial charge on any atom is -0.299 e. The maximum atomic E-state index is 11.9. The SMILES string of the molecule is CC(C)CCS(=O)(=O)NCc1ccc(CN2CCC(C)CC2)cc1. The smallest absolute Gasteiger partial charge is 0.211 e. The molecule has 1 aromatic carbocycles. The highest BCUT2D eigenvalue weighted by Crippen LogP contribution is 2.18. The van der Waals surface area contributed by atoms with Crippen molar-refractivity contribution in [1.29, 1.82) is 0 Å². The number of likely N-dealkylation sites (tertiary alicyclic amines) is 1. The van der Waals surface area contributed by atoms with Crippen LogP contribution in [0.15, 0.2) is 24.3 Å². The lowest BCUT2D eigenvalue weighted by atomic mass is 9.99. The van der Waals surface area contributed by atoms with Crippen molar-refractivity contribution < 1.29 is 8.42 Å². The predicted molar refractivity (Wildman–Crippen MR) is 100 cm³/mol. The molecule has 0 unspecified atom stereocenters. The van der Waals surface area contributed by atoms with Gasteiger partial charge in [-0.2, -0.15) is 0 Å². The van der Waals surface area contributed by atoms with Crippen LogP contribution in [0.1, 0.15) is 51.2 Å². The predicted octanol–water partition coefficient (Wildman–Crippen LogP) is 3.38. The van der Waals surface area contributed by atoms with Gasteiger partial charge < -0.3 is 0 Å². The van der Waals surface area contributed by atoms with E-state index in [4.69, 9.17) is 0 Å². The molecule has 0 atom stereocenters. The number of nitrogens with zero attached hydrogens (tertiary/aromatic N) is 1. The van der Waals surface area contributed by atoms with Gasteiger partial charge in [0, 0.05) is 13.1 Å². The molecule has 136 valence electrons. The summed E-state index contributed by atoms with van der Waals surface area (Å²) < 4.78 is 26.6. The van der Waals surface area contributed by atoms with Gasteiger partial charge in [-0.3, -0.25) is 4.90 Å². The Balaban J connectivity index is 1.79. The van der Waals surface area contributed by atoms with Crippen molar-refractivity contribution in [2.45, 2.75) is 53.1 Å². The second-order valence-electron chi connectivity index (χ2n) is 7.60. The first kappa shape index (κ1) is 19.4. The molecule has 1 aliphatic rings. The maximum absolute atomic E-state index is 11.9. The van der Waals surface area contributed by atoms with Crippen molar-refractivity contribution in [3.63, 3.8) is 0 Å². The van der Waals surface area contributed by atoms with Gasteiger partial charge in [0.25, 0.3) is 0 Å². The molecule has 0 bridgehead atoms. The van der Waals surface area contributed by atoms with Crippen LogP contribution < -0.4 is 4.72 Å². The van der Waals surface area contributed by atoms with Crippen molar-refractivity contribution in [1.82, 2.24) is 9.62 Å². The van der Waals surface area contributed by atoms with Crippen molar-refractivity contribution >= 4 is 10.0 Å². The number of rotatable bonds is 8. The number of hydrogen-bond donors (Lipinski definition) is 1. The van der Waals surface area contributed by atoms with Gasteiger partial charge in [-0.25, -0.2) is 13.1 Å². The lowest BCUT2D eigenvalue weighted by Crippen LogP contribution is -2.32. The molecule has 1 aliphatic heterocycles. The molecule has 0 aliphatic carbocycles. The Kier molecular flexibility index (Phi) is 7.26. The fourth-order valence-corrected chi connectivity index (χ4v) is 4.21. The first-order valence-corrected chi connectivity index (χ1v) is 10.8. The summed E-state index contributed by atoms with van der Waals surface area (Å²) in [6.45, 7) is 10.1. The Morgan fingerprint density at radius 1 is 1.12 bits per heavy atom. The van der Waals surface area contributed by atoms with E-state index in [1.807, 2.05) is 26.0 Å². The molecule has 0 aromatic heterocycles. The highest BCUT2D eigenvalue weighted by molar-refractivity contribution is 7.89. The van der Waals surface area contributed by atoms with E-state index >= 15 is 0 Å². The molecule has 1 N–H and O–H groups in total. The molecule has 0 saturated carbocycles. The number of piperidine rings is 1. The molecule has 1 aromatic rings. The quantitative estimate of drug-likeness (QED) is 0.780. The molecule has 4 nitrogen and oxygen atoms in total. The second-order valence-corrected chi connectivity index (χ2v) is 9.52. The van der Waals surface area contributed by atoms with Crippen LogP contribution in [0, 0.1) is 11.8 Å². The number of nitrogens with one attached hydrogen (secondary N) is 1. The lowest BCUT2D eigenvalue weighted by molar-refractivity contribution is 0.185. The van der Waals surface area contributed by atoms with Crippen molar-refractivity contribution in [2.24, 2.45) is 11.8 Å². The van der Waals surface area contributed by atoms with E-state index in [1.165, 1.54) is 31.5 Å². The lowest BCUT2D eigenvalue weighted by Gasteiger charge is -2.30. The molecule has 0 amide bonds. The highest BCUT2D eigenvalue weighted by atomic mass is 32.2. The van der Waals surface area contributed by atoms with E-state index in [2.05, 4.69) is 28.7 Å². The first-order valence-electron chi connectivity index (χ1n) is 9.11. The molecule has 5 heteroatoms. The van der Waals surface area contributed by atoms with Crippen molar-refractivity contribution in [3.05, 3.63) is 35.4 Å². The Labute approximate surface area is 147 Å². The van der Waals surface area contributed by atoms with Crippen LogP contribution in [0.5, 0.6) is 0 Å². The summed E-state index contributed by atoms with van der Waals surface area (Å²) in [6, 6.07) is 8.31. The van der Waals surface area contributed by atoms with Crippen LogP contribution in [0.25, 0.3) is 0 Å². The van der Waals surface area contributed by atoms with Gasteiger partial charge in [-0.1, -0.05) is 45.0 Å². The van der Waals surface area contributed by atoms with Crippen LogP contribution in [0.3, 0.4) is 0 Å². The summed E-state index contributed by atoms with van der Waals surface area (Å²) in [4.78, 5) is 2.50. The average molecular weight is 353 g/mol. The van der Waals surface area contributed by atoms with Gasteiger partial charge in [0.2, 0.25) is 10.0 Å². The molecule has 0 spiro atoms. The maximum Gasteiger partial charge on any atom is 0.211 e. The number of sulfonamides is 1. The van der Waals surface area contributed by atoms with Gasteiger partial charge in [0.05, 0.1) is 5.75 Å². The zero-order valence-electron chi connectivity index (χ0n) is 15.3. The molecule has 24 heavy (non-hydrogen) atoms. The standard InChI is InChI=1S/C19H32N2O2S/c1-16(2)10-13-24(22,23)20-14-18-4-6-19(7-5-18)15-21-11-8-17(3)9-12-21/h4-7,16-17,20H,8-15H2,1-3H3. The minimum atomic E-state index is -3.17. The number of hydrogen-bond acceptors (Lipinski definition) is 3. The van der Waals surface area contributed by atoms with Gasteiger partial charge in [0.1, 0.15) is 0 Å². The molecular formula is C19H32N2O2S.